The third-order valence-electron chi connectivity index (χ3n) is 5.58. The predicted octanol–water partition coefficient (Wildman–Crippen LogP) is 5.38. The smallest absolute Gasteiger partial charge is 0.475 e. The average Bonchev–Trinajstić information content (AvgIpc) is 3.57. The van der Waals surface area contributed by atoms with E-state index in [2.05, 4.69) is 23.3 Å². The Bertz CT molecular complexity index is 1350. The number of imidazole rings is 1. The van der Waals surface area contributed by atoms with E-state index in [1.54, 1.807) is 17.5 Å². The zero-order valence-electron chi connectivity index (χ0n) is 18.6. The molecule has 5 rings (SSSR count). The Morgan fingerprint density at radius 1 is 1.14 bits per heavy atom. The third kappa shape index (κ3) is 5.35. The van der Waals surface area contributed by atoms with Gasteiger partial charge in [0.1, 0.15) is 0 Å². The van der Waals surface area contributed by atoms with Gasteiger partial charge in [-0.05, 0) is 49.6 Å². The van der Waals surface area contributed by atoms with Gasteiger partial charge in [0, 0.05) is 35.6 Å². The molecule has 1 aliphatic heterocycles. The molecule has 0 aliphatic carbocycles. The fourth-order valence-corrected chi connectivity index (χ4v) is 4.79. The fourth-order valence-electron chi connectivity index (χ4n) is 3.97. The number of rotatable bonds is 3. The van der Waals surface area contributed by atoms with E-state index in [1.807, 2.05) is 53.0 Å². The molecule has 1 aliphatic rings. The standard InChI is InChI=1S/C22H20N4OS.C2HF3O2/c1-15-6-9-20(28-15)22(27)26-11-3-5-19(26)21-18-8-7-17(13-25(18)14-24-21)16-4-2-10-23-12-16;3-2(4,5)1(6)7/h2,4,6-10,12-14,19H,3,5,11H2,1H3;(H,6,7). The number of carbonyl (C=O) groups excluding carboxylic acids is 1. The fraction of sp³-hybridized carbons (Fsp3) is 0.250. The van der Waals surface area contributed by atoms with Crippen LogP contribution in [0.2, 0.25) is 0 Å². The number of aromatic nitrogens is 3. The Labute approximate surface area is 202 Å². The Balaban J connectivity index is 0.000000364. The van der Waals surface area contributed by atoms with E-state index in [1.165, 1.54) is 0 Å². The first-order valence-corrected chi connectivity index (χ1v) is 11.5. The number of nitrogens with zero attached hydrogens (tertiary/aromatic N) is 4. The van der Waals surface area contributed by atoms with E-state index in [0.29, 0.717) is 0 Å². The zero-order valence-corrected chi connectivity index (χ0v) is 19.4. The highest BCUT2D eigenvalue weighted by Crippen LogP contribution is 2.36. The predicted molar refractivity (Wildman–Crippen MR) is 124 cm³/mol. The second-order valence-corrected chi connectivity index (χ2v) is 9.24. The lowest BCUT2D eigenvalue weighted by Crippen LogP contribution is -2.30. The molecule has 35 heavy (non-hydrogen) atoms. The van der Waals surface area contributed by atoms with Gasteiger partial charge in [-0.3, -0.25) is 9.78 Å². The number of aliphatic carboxylic acids is 1. The number of likely N-dealkylation sites (tertiary alicyclic amines) is 1. The summed E-state index contributed by atoms with van der Waals surface area (Å²) in [5.41, 5.74) is 4.21. The number of aryl methyl sites for hydroxylation is 1. The number of hydrogen-bond donors (Lipinski definition) is 1. The van der Waals surface area contributed by atoms with Gasteiger partial charge in [-0.1, -0.05) is 12.1 Å². The summed E-state index contributed by atoms with van der Waals surface area (Å²) in [6.45, 7) is 2.82. The van der Waals surface area contributed by atoms with E-state index in [0.717, 1.165) is 51.5 Å². The van der Waals surface area contributed by atoms with Crippen molar-refractivity contribution in [3.63, 3.8) is 0 Å². The van der Waals surface area contributed by atoms with Crippen LogP contribution < -0.4 is 0 Å². The van der Waals surface area contributed by atoms with E-state index in [9.17, 15) is 18.0 Å². The number of pyridine rings is 2. The van der Waals surface area contributed by atoms with Crippen molar-refractivity contribution >= 4 is 28.7 Å². The number of carbonyl (C=O) groups is 2. The molecule has 0 saturated carbocycles. The molecule has 0 spiro atoms. The van der Waals surface area contributed by atoms with Gasteiger partial charge in [0.05, 0.1) is 28.5 Å². The van der Waals surface area contributed by atoms with E-state index >= 15 is 0 Å². The Hall–Kier alpha value is -3.73. The summed E-state index contributed by atoms with van der Waals surface area (Å²) in [7, 11) is 0. The van der Waals surface area contributed by atoms with Crippen molar-refractivity contribution in [2.45, 2.75) is 32.0 Å². The molecule has 4 aromatic heterocycles. The summed E-state index contributed by atoms with van der Waals surface area (Å²) in [6.07, 6.45) is 4.44. The quantitative estimate of drug-likeness (QED) is 0.407. The molecule has 7 nitrogen and oxygen atoms in total. The normalized spacial score (nSPS) is 15.7. The molecule has 1 fully saturated rings. The second-order valence-electron chi connectivity index (χ2n) is 7.95. The molecule has 1 unspecified atom stereocenters. The van der Waals surface area contributed by atoms with Crippen LogP contribution in [0.15, 0.2) is 61.3 Å². The van der Waals surface area contributed by atoms with Gasteiger partial charge in [0.25, 0.3) is 5.91 Å². The molecular formula is C24H21F3N4O3S. The number of carboxylic acids is 1. The van der Waals surface area contributed by atoms with Crippen LogP contribution in [0.5, 0.6) is 0 Å². The first-order chi connectivity index (χ1) is 16.6. The van der Waals surface area contributed by atoms with Gasteiger partial charge in [-0.2, -0.15) is 13.2 Å². The Morgan fingerprint density at radius 3 is 2.54 bits per heavy atom. The van der Waals surface area contributed by atoms with Gasteiger partial charge in [0.2, 0.25) is 0 Å². The summed E-state index contributed by atoms with van der Waals surface area (Å²) in [6, 6.07) is 12.2. The van der Waals surface area contributed by atoms with Crippen LogP contribution in [0, 0.1) is 6.92 Å². The van der Waals surface area contributed by atoms with Crippen molar-refractivity contribution < 1.29 is 27.9 Å². The largest absolute Gasteiger partial charge is 0.490 e. The third-order valence-corrected chi connectivity index (χ3v) is 6.57. The summed E-state index contributed by atoms with van der Waals surface area (Å²) in [5.74, 6) is -2.64. The summed E-state index contributed by atoms with van der Waals surface area (Å²) in [4.78, 5) is 34.8. The van der Waals surface area contributed by atoms with E-state index < -0.39 is 12.1 Å². The maximum absolute atomic E-state index is 13.0. The minimum atomic E-state index is -5.08. The highest BCUT2D eigenvalue weighted by atomic mass is 32.1. The average molecular weight is 503 g/mol. The second kappa shape index (κ2) is 9.87. The highest BCUT2D eigenvalue weighted by molar-refractivity contribution is 7.13. The molecule has 11 heteroatoms. The lowest BCUT2D eigenvalue weighted by Gasteiger charge is -2.23. The maximum Gasteiger partial charge on any atom is 0.490 e. The van der Waals surface area contributed by atoms with Gasteiger partial charge in [-0.25, -0.2) is 9.78 Å². The summed E-state index contributed by atoms with van der Waals surface area (Å²) in [5, 5.41) is 7.12. The zero-order chi connectivity index (χ0) is 25.2. The highest BCUT2D eigenvalue weighted by Gasteiger charge is 2.38. The number of carboxylic acid groups (broad SMARTS) is 1. The van der Waals surface area contributed by atoms with E-state index in [4.69, 9.17) is 14.9 Å². The van der Waals surface area contributed by atoms with Crippen molar-refractivity contribution in [2.24, 2.45) is 0 Å². The monoisotopic (exact) mass is 502 g/mol. The van der Waals surface area contributed by atoms with Crippen LogP contribution >= 0.6 is 11.3 Å². The molecule has 0 aromatic carbocycles. The van der Waals surface area contributed by atoms with Crippen LogP contribution in [0.1, 0.15) is 39.1 Å². The molecule has 5 heterocycles. The van der Waals surface area contributed by atoms with Crippen LogP contribution in [0.25, 0.3) is 16.6 Å². The van der Waals surface area contributed by atoms with Gasteiger partial charge >= 0.3 is 12.1 Å². The molecule has 1 N–H and O–H groups in total. The van der Waals surface area contributed by atoms with Crippen molar-refractivity contribution in [3.8, 4) is 11.1 Å². The number of hydrogen-bond acceptors (Lipinski definition) is 5. The first kappa shape index (κ1) is 24.4. The topological polar surface area (TPSA) is 87.8 Å². The minimum Gasteiger partial charge on any atom is -0.475 e. The lowest BCUT2D eigenvalue weighted by atomic mass is 10.1. The van der Waals surface area contributed by atoms with Gasteiger partial charge in [-0.15, -0.1) is 11.3 Å². The molecule has 1 saturated heterocycles. The van der Waals surface area contributed by atoms with Crippen molar-refractivity contribution in [3.05, 3.63) is 76.8 Å². The molecule has 0 radical (unpaired) electrons. The van der Waals surface area contributed by atoms with Crippen LogP contribution in [-0.4, -0.2) is 49.0 Å². The molecule has 4 aromatic rings. The van der Waals surface area contributed by atoms with Crippen LogP contribution in [0.3, 0.4) is 0 Å². The Morgan fingerprint density at radius 2 is 1.91 bits per heavy atom. The first-order valence-electron chi connectivity index (χ1n) is 10.7. The van der Waals surface area contributed by atoms with E-state index in [-0.39, 0.29) is 11.9 Å². The van der Waals surface area contributed by atoms with Crippen LogP contribution in [-0.2, 0) is 4.79 Å². The number of amides is 1. The number of thiophene rings is 1. The molecule has 0 bridgehead atoms. The van der Waals surface area contributed by atoms with Crippen LogP contribution in [0.4, 0.5) is 13.2 Å². The SMILES string of the molecule is Cc1ccc(C(=O)N2CCCC2c2ncn3cc(-c4cccnc4)ccc23)s1.O=C(O)C(F)(F)F. The number of alkyl halides is 3. The maximum atomic E-state index is 13.0. The summed E-state index contributed by atoms with van der Waals surface area (Å²) < 4.78 is 33.8. The van der Waals surface area contributed by atoms with Crippen molar-refractivity contribution in [2.75, 3.05) is 6.54 Å². The van der Waals surface area contributed by atoms with Crippen molar-refractivity contribution in [1.82, 2.24) is 19.3 Å². The molecule has 182 valence electrons. The molecule has 1 amide bonds. The lowest BCUT2D eigenvalue weighted by molar-refractivity contribution is -0.192. The minimum absolute atomic E-state index is 0.0316. The van der Waals surface area contributed by atoms with Crippen molar-refractivity contribution in [1.29, 1.82) is 0 Å². The number of fused-ring (bicyclic) bond motifs is 1. The molecular weight excluding hydrogens is 481 g/mol. The summed E-state index contributed by atoms with van der Waals surface area (Å²) >= 11 is 1.56. The Kier molecular flexibility index (Phi) is 6.88. The molecule has 1 atom stereocenters. The van der Waals surface area contributed by atoms with Gasteiger partial charge in [0.15, 0.2) is 0 Å². The van der Waals surface area contributed by atoms with Gasteiger partial charge < -0.3 is 14.4 Å². The number of halogens is 3.